The second kappa shape index (κ2) is 5.32. The molecular weight excluding hydrogens is 242 g/mol. The van der Waals surface area contributed by atoms with Crippen molar-refractivity contribution in [3.63, 3.8) is 0 Å². The van der Waals surface area contributed by atoms with E-state index in [1.54, 1.807) is 0 Å². The van der Waals surface area contributed by atoms with Gasteiger partial charge in [-0.25, -0.2) is 0 Å². The molecule has 2 aromatic carbocycles. The van der Waals surface area contributed by atoms with Crippen LogP contribution in [0.2, 0.25) is 0 Å². The maximum atomic E-state index is 3.65. The van der Waals surface area contributed by atoms with Crippen LogP contribution in [-0.4, -0.2) is 6.54 Å². The fraction of sp³-hybridized carbons (Fsp3) is 0.368. The van der Waals surface area contributed by atoms with Gasteiger partial charge in [0.1, 0.15) is 0 Å². The fourth-order valence-corrected chi connectivity index (χ4v) is 3.12. The van der Waals surface area contributed by atoms with Crippen LogP contribution in [0.3, 0.4) is 0 Å². The van der Waals surface area contributed by atoms with Crippen LogP contribution in [0.1, 0.15) is 27.8 Å². The molecule has 0 aromatic heterocycles. The Morgan fingerprint density at radius 1 is 1.00 bits per heavy atom. The van der Waals surface area contributed by atoms with Gasteiger partial charge in [-0.15, -0.1) is 0 Å². The smallest absolute Gasteiger partial charge is 0.0405 e. The molecule has 1 aliphatic heterocycles. The Bertz CT molecular complexity index is 610. The largest absolute Gasteiger partial charge is 0.384 e. The number of hydrogen-bond acceptors (Lipinski definition) is 1. The van der Waals surface area contributed by atoms with Crippen molar-refractivity contribution in [1.82, 2.24) is 0 Å². The third kappa shape index (κ3) is 2.58. The molecule has 0 saturated carbocycles. The Morgan fingerprint density at radius 2 is 1.75 bits per heavy atom. The van der Waals surface area contributed by atoms with Crippen LogP contribution in [0.5, 0.6) is 0 Å². The van der Waals surface area contributed by atoms with E-state index in [-0.39, 0.29) is 0 Å². The van der Waals surface area contributed by atoms with Gasteiger partial charge in [0.05, 0.1) is 0 Å². The Morgan fingerprint density at radius 3 is 2.50 bits per heavy atom. The molecule has 1 heteroatoms. The van der Waals surface area contributed by atoms with Crippen molar-refractivity contribution < 1.29 is 0 Å². The molecule has 1 unspecified atom stereocenters. The molecule has 2 aromatic rings. The predicted molar refractivity (Wildman–Crippen MR) is 86.5 cm³/mol. The first-order valence-electron chi connectivity index (χ1n) is 7.52. The summed E-state index contributed by atoms with van der Waals surface area (Å²) in [6, 6.07) is 13.5. The van der Waals surface area contributed by atoms with E-state index in [0.717, 1.165) is 6.54 Å². The first kappa shape index (κ1) is 13.2. The van der Waals surface area contributed by atoms with Crippen molar-refractivity contribution in [3.8, 4) is 0 Å². The van der Waals surface area contributed by atoms with Crippen molar-refractivity contribution >= 4 is 5.69 Å². The summed E-state index contributed by atoms with van der Waals surface area (Å²) in [6.07, 6.45) is 2.36. The van der Waals surface area contributed by atoms with Crippen molar-refractivity contribution in [2.45, 2.75) is 33.6 Å². The van der Waals surface area contributed by atoms with E-state index >= 15 is 0 Å². The summed E-state index contributed by atoms with van der Waals surface area (Å²) in [5.74, 6) is 0.701. The van der Waals surface area contributed by atoms with Gasteiger partial charge >= 0.3 is 0 Å². The van der Waals surface area contributed by atoms with Crippen LogP contribution < -0.4 is 5.32 Å². The Hall–Kier alpha value is -1.76. The van der Waals surface area contributed by atoms with Crippen LogP contribution in [0, 0.1) is 26.7 Å². The molecule has 1 heterocycles. The predicted octanol–water partition coefficient (Wildman–Crippen LogP) is 4.44. The second-order valence-electron chi connectivity index (χ2n) is 6.18. The molecule has 1 nitrogen and oxygen atoms in total. The average Bonchev–Trinajstić information content (AvgIpc) is 2.46. The maximum absolute atomic E-state index is 3.65. The standard InChI is InChI=1S/C19H23N/c1-13-4-7-16(8-5-13)10-17-11-18-9-6-14(2)15(3)19(18)20-12-17/h4-9,17,20H,10-12H2,1-3H3. The van der Waals surface area contributed by atoms with Gasteiger partial charge in [-0.05, 0) is 61.8 Å². The number of hydrogen-bond donors (Lipinski definition) is 1. The highest BCUT2D eigenvalue weighted by atomic mass is 14.9. The summed E-state index contributed by atoms with van der Waals surface area (Å²) in [5, 5.41) is 3.65. The summed E-state index contributed by atoms with van der Waals surface area (Å²) in [5.41, 5.74) is 8.45. The lowest BCUT2D eigenvalue weighted by molar-refractivity contribution is 0.534. The number of fused-ring (bicyclic) bond motifs is 1. The third-order valence-electron chi connectivity index (χ3n) is 4.54. The Labute approximate surface area is 122 Å². The maximum Gasteiger partial charge on any atom is 0.0405 e. The van der Waals surface area contributed by atoms with Crippen LogP contribution in [0.15, 0.2) is 36.4 Å². The topological polar surface area (TPSA) is 12.0 Å². The minimum absolute atomic E-state index is 0.701. The Balaban J connectivity index is 1.76. The van der Waals surface area contributed by atoms with Gasteiger partial charge in [-0.2, -0.15) is 0 Å². The second-order valence-corrected chi connectivity index (χ2v) is 6.18. The van der Waals surface area contributed by atoms with E-state index in [9.17, 15) is 0 Å². The van der Waals surface area contributed by atoms with E-state index in [1.807, 2.05) is 0 Å². The lowest BCUT2D eigenvalue weighted by atomic mass is 9.87. The van der Waals surface area contributed by atoms with Crippen molar-refractivity contribution in [3.05, 3.63) is 64.2 Å². The highest BCUT2D eigenvalue weighted by Gasteiger charge is 2.20. The number of anilines is 1. The number of nitrogens with one attached hydrogen (secondary N) is 1. The van der Waals surface area contributed by atoms with Gasteiger partial charge < -0.3 is 5.32 Å². The zero-order valence-electron chi connectivity index (χ0n) is 12.7. The monoisotopic (exact) mass is 265 g/mol. The molecule has 20 heavy (non-hydrogen) atoms. The lowest BCUT2D eigenvalue weighted by Gasteiger charge is -2.28. The van der Waals surface area contributed by atoms with Crippen molar-refractivity contribution in [2.24, 2.45) is 5.92 Å². The quantitative estimate of drug-likeness (QED) is 0.846. The van der Waals surface area contributed by atoms with E-state index in [4.69, 9.17) is 0 Å². The summed E-state index contributed by atoms with van der Waals surface area (Å²) in [7, 11) is 0. The minimum atomic E-state index is 0.701. The van der Waals surface area contributed by atoms with Gasteiger partial charge in [0.25, 0.3) is 0 Å². The first-order chi connectivity index (χ1) is 9.63. The normalized spacial score (nSPS) is 17.4. The molecule has 0 aliphatic carbocycles. The highest BCUT2D eigenvalue weighted by molar-refractivity contribution is 5.61. The minimum Gasteiger partial charge on any atom is -0.384 e. The molecule has 1 aliphatic rings. The van der Waals surface area contributed by atoms with E-state index in [2.05, 4.69) is 62.5 Å². The zero-order chi connectivity index (χ0) is 14.1. The number of benzene rings is 2. The van der Waals surface area contributed by atoms with Crippen LogP contribution in [0.4, 0.5) is 5.69 Å². The number of aryl methyl sites for hydroxylation is 2. The Kier molecular flexibility index (Phi) is 3.52. The SMILES string of the molecule is Cc1ccc(CC2CNc3c(ccc(C)c3C)C2)cc1. The molecule has 104 valence electrons. The highest BCUT2D eigenvalue weighted by Crippen LogP contribution is 2.31. The van der Waals surface area contributed by atoms with Gasteiger partial charge in [0.15, 0.2) is 0 Å². The van der Waals surface area contributed by atoms with Crippen molar-refractivity contribution in [2.75, 3.05) is 11.9 Å². The van der Waals surface area contributed by atoms with E-state index in [0.29, 0.717) is 5.92 Å². The molecule has 0 fully saturated rings. The fourth-order valence-electron chi connectivity index (χ4n) is 3.12. The third-order valence-corrected chi connectivity index (χ3v) is 4.54. The molecule has 0 amide bonds. The van der Waals surface area contributed by atoms with Gasteiger partial charge in [0.2, 0.25) is 0 Å². The van der Waals surface area contributed by atoms with E-state index < -0.39 is 0 Å². The summed E-state index contributed by atoms with van der Waals surface area (Å²) >= 11 is 0. The van der Waals surface area contributed by atoms with Crippen LogP contribution >= 0.6 is 0 Å². The molecule has 0 spiro atoms. The molecule has 0 saturated heterocycles. The first-order valence-corrected chi connectivity index (χ1v) is 7.52. The molecule has 1 atom stereocenters. The van der Waals surface area contributed by atoms with Crippen LogP contribution in [0.25, 0.3) is 0 Å². The van der Waals surface area contributed by atoms with Crippen molar-refractivity contribution in [1.29, 1.82) is 0 Å². The summed E-state index contributed by atoms with van der Waals surface area (Å²) in [4.78, 5) is 0. The van der Waals surface area contributed by atoms with Crippen LogP contribution in [-0.2, 0) is 12.8 Å². The molecule has 0 radical (unpaired) electrons. The molecule has 1 N–H and O–H groups in total. The zero-order valence-corrected chi connectivity index (χ0v) is 12.7. The molecule has 3 rings (SSSR count). The van der Waals surface area contributed by atoms with Gasteiger partial charge in [-0.3, -0.25) is 0 Å². The summed E-state index contributed by atoms with van der Waals surface area (Å²) < 4.78 is 0. The average molecular weight is 265 g/mol. The molecular formula is C19H23N. The van der Waals surface area contributed by atoms with Gasteiger partial charge in [-0.1, -0.05) is 42.0 Å². The lowest BCUT2D eigenvalue weighted by Crippen LogP contribution is -2.25. The van der Waals surface area contributed by atoms with Gasteiger partial charge in [0, 0.05) is 12.2 Å². The number of rotatable bonds is 2. The molecule has 0 bridgehead atoms. The van der Waals surface area contributed by atoms with E-state index in [1.165, 1.54) is 46.3 Å². The summed E-state index contributed by atoms with van der Waals surface area (Å²) in [6.45, 7) is 7.65.